The molecule has 0 aliphatic carbocycles. The molecule has 1 amide bonds. The molecule has 1 saturated heterocycles. The zero-order valence-corrected chi connectivity index (χ0v) is 19.1. The van der Waals surface area contributed by atoms with E-state index in [1.807, 2.05) is 47.4 Å². The van der Waals surface area contributed by atoms with Crippen molar-refractivity contribution in [1.82, 2.24) is 14.8 Å². The standard InChI is InChI=1S/C24H29ClN4O3/c1-2-8-29(10-9-28-11-13-31-14-12-28)23(30)19-6-7-22-21(16-19)27-24(32-22)26-17-18-4-3-5-20(25)15-18/h3-7,15-16H,2,8-14,17H2,1H3,(H,26,27). The summed E-state index contributed by atoms with van der Waals surface area (Å²) in [6, 6.07) is 13.5. The van der Waals surface area contributed by atoms with Crippen molar-refractivity contribution in [2.75, 3.05) is 51.3 Å². The number of carbonyl (C=O) groups excluding carboxylic acids is 1. The molecule has 0 bridgehead atoms. The predicted octanol–water partition coefficient (Wildman–Crippen LogP) is 4.28. The topological polar surface area (TPSA) is 70.8 Å². The Bertz CT molecular complexity index is 1050. The zero-order chi connectivity index (χ0) is 22.3. The van der Waals surface area contributed by atoms with E-state index in [-0.39, 0.29) is 5.91 Å². The second-order valence-electron chi connectivity index (χ2n) is 7.93. The van der Waals surface area contributed by atoms with Crippen LogP contribution in [0.3, 0.4) is 0 Å². The molecule has 1 fully saturated rings. The number of ether oxygens (including phenoxy) is 1. The van der Waals surface area contributed by atoms with Crippen LogP contribution in [0.4, 0.5) is 6.01 Å². The van der Waals surface area contributed by atoms with Gasteiger partial charge in [-0.3, -0.25) is 9.69 Å². The number of carbonyl (C=O) groups is 1. The molecular formula is C24H29ClN4O3. The van der Waals surface area contributed by atoms with Gasteiger partial charge in [0.05, 0.1) is 13.2 Å². The van der Waals surface area contributed by atoms with Gasteiger partial charge in [-0.1, -0.05) is 30.7 Å². The van der Waals surface area contributed by atoms with Gasteiger partial charge in [0.2, 0.25) is 0 Å². The van der Waals surface area contributed by atoms with E-state index >= 15 is 0 Å². The number of aromatic nitrogens is 1. The van der Waals surface area contributed by atoms with Gasteiger partial charge < -0.3 is 19.4 Å². The smallest absolute Gasteiger partial charge is 0.295 e. The highest BCUT2D eigenvalue weighted by atomic mass is 35.5. The first-order valence-electron chi connectivity index (χ1n) is 11.1. The van der Waals surface area contributed by atoms with E-state index in [2.05, 4.69) is 22.1 Å². The van der Waals surface area contributed by atoms with Crippen molar-refractivity contribution in [2.24, 2.45) is 0 Å². The zero-order valence-electron chi connectivity index (χ0n) is 18.3. The van der Waals surface area contributed by atoms with Gasteiger partial charge in [0.25, 0.3) is 11.9 Å². The molecule has 0 spiro atoms. The van der Waals surface area contributed by atoms with E-state index < -0.39 is 0 Å². The molecule has 8 heteroatoms. The number of nitrogens with one attached hydrogen (secondary N) is 1. The van der Waals surface area contributed by atoms with Gasteiger partial charge in [0.15, 0.2) is 5.58 Å². The lowest BCUT2D eigenvalue weighted by molar-refractivity contribution is 0.0325. The molecule has 32 heavy (non-hydrogen) atoms. The fourth-order valence-electron chi connectivity index (χ4n) is 3.81. The molecule has 2 aromatic carbocycles. The van der Waals surface area contributed by atoms with Crippen LogP contribution in [0.1, 0.15) is 29.3 Å². The van der Waals surface area contributed by atoms with Crippen molar-refractivity contribution in [3.05, 3.63) is 58.6 Å². The molecular weight excluding hydrogens is 428 g/mol. The van der Waals surface area contributed by atoms with Crippen LogP contribution in [0.5, 0.6) is 0 Å². The van der Waals surface area contributed by atoms with Crippen molar-refractivity contribution < 1.29 is 13.9 Å². The minimum absolute atomic E-state index is 0.0263. The summed E-state index contributed by atoms with van der Waals surface area (Å²) in [4.78, 5) is 22.0. The maximum absolute atomic E-state index is 13.2. The van der Waals surface area contributed by atoms with Crippen LogP contribution >= 0.6 is 11.6 Å². The van der Waals surface area contributed by atoms with Crippen LogP contribution in [0.15, 0.2) is 46.9 Å². The summed E-state index contributed by atoms with van der Waals surface area (Å²) < 4.78 is 11.2. The number of morpholine rings is 1. The van der Waals surface area contributed by atoms with E-state index in [1.165, 1.54) is 0 Å². The van der Waals surface area contributed by atoms with Crippen LogP contribution in [0.2, 0.25) is 5.02 Å². The molecule has 170 valence electrons. The predicted molar refractivity (Wildman–Crippen MR) is 126 cm³/mol. The maximum atomic E-state index is 13.2. The van der Waals surface area contributed by atoms with E-state index in [0.29, 0.717) is 40.8 Å². The minimum Gasteiger partial charge on any atom is -0.424 e. The minimum atomic E-state index is 0.0263. The van der Waals surface area contributed by atoms with E-state index in [1.54, 1.807) is 0 Å². The van der Waals surface area contributed by atoms with Crippen LogP contribution < -0.4 is 5.32 Å². The number of hydrogen-bond acceptors (Lipinski definition) is 6. The van der Waals surface area contributed by atoms with Crippen molar-refractivity contribution >= 4 is 34.6 Å². The van der Waals surface area contributed by atoms with Gasteiger partial charge in [-0.25, -0.2) is 0 Å². The molecule has 0 saturated carbocycles. The number of rotatable bonds is 9. The lowest BCUT2D eigenvalue weighted by atomic mass is 10.1. The average Bonchev–Trinajstić information content (AvgIpc) is 3.23. The summed E-state index contributed by atoms with van der Waals surface area (Å²) in [5, 5.41) is 3.87. The summed E-state index contributed by atoms with van der Waals surface area (Å²) in [6.07, 6.45) is 0.915. The van der Waals surface area contributed by atoms with Crippen LogP contribution in [0, 0.1) is 0 Å². The van der Waals surface area contributed by atoms with E-state index in [0.717, 1.165) is 51.4 Å². The first-order chi connectivity index (χ1) is 15.6. The number of nitrogens with zero attached hydrogens (tertiary/aromatic N) is 3. The fraction of sp³-hybridized carbons (Fsp3) is 0.417. The van der Waals surface area contributed by atoms with Gasteiger partial charge in [0.1, 0.15) is 5.52 Å². The first kappa shape index (κ1) is 22.6. The van der Waals surface area contributed by atoms with E-state index in [9.17, 15) is 4.79 Å². The van der Waals surface area contributed by atoms with Gasteiger partial charge >= 0.3 is 0 Å². The molecule has 1 aromatic heterocycles. The highest BCUT2D eigenvalue weighted by Gasteiger charge is 2.19. The van der Waals surface area contributed by atoms with Crippen LogP contribution in [-0.4, -0.2) is 66.6 Å². The molecule has 7 nitrogen and oxygen atoms in total. The third-order valence-electron chi connectivity index (χ3n) is 5.54. The first-order valence-corrected chi connectivity index (χ1v) is 11.5. The van der Waals surface area contributed by atoms with Crippen molar-refractivity contribution in [1.29, 1.82) is 0 Å². The monoisotopic (exact) mass is 456 g/mol. The quantitative estimate of drug-likeness (QED) is 0.518. The highest BCUT2D eigenvalue weighted by molar-refractivity contribution is 6.30. The summed E-state index contributed by atoms with van der Waals surface area (Å²) in [7, 11) is 0. The maximum Gasteiger partial charge on any atom is 0.295 e. The Labute approximate surface area is 193 Å². The Morgan fingerprint density at radius 3 is 2.81 bits per heavy atom. The largest absolute Gasteiger partial charge is 0.424 e. The number of amides is 1. The molecule has 4 rings (SSSR count). The summed E-state index contributed by atoms with van der Waals surface area (Å²) in [6.45, 7) is 8.30. The normalized spacial score (nSPS) is 14.6. The fourth-order valence-corrected chi connectivity index (χ4v) is 4.03. The third-order valence-corrected chi connectivity index (χ3v) is 5.77. The van der Waals surface area contributed by atoms with Gasteiger partial charge in [-0.15, -0.1) is 0 Å². The van der Waals surface area contributed by atoms with Gasteiger partial charge in [-0.2, -0.15) is 4.98 Å². The summed E-state index contributed by atoms with van der Waals surface area (Å²) in [5.41, 5.74) is 2.97. The summed E-state index contributed by atoms with van der Waals surface area (Å²) in [5.74, 6) is 0.0263. The van der Waals surface area contributed by atoms with Crippen LogP contribution in [0.25, 0.3) is 11.1 Å². The molecule has 0 atom stereocenters. The molecule has 1 aliphatic rings. The van der Waals surface area contributed by atoms with Crippen molar-refractivity contribution in [3.63, 3.8) is 0 Å². The number of anilines is 1. The molecule has 1 N–H and O–H groups in total. The Hall–Kier alpha value is -2.61. The molecule has 0 unspecified atom stereocenters. The van der Waals surface area contributed by atoms with Crippen molar-refractivity contribution in [2.45, 2.75) is 19.9 Å². The molecule has 3 aromatic rings. The molecule has 1 aliphatic heterocycles. The highest BCUT2D eigenvalue weighted by Crippen LogP contribution is 2.22. The SMILES string of the molecule is CCCN(CCN1CCOCC1)C(=O)c1ccc2oc(NCc3cccc(Cl)c3)nc2c1. The Balaban J connectivity index is 1.42. The third kappa shape index (κ3) is 5.79. The molecule has 2 heterocycles. The molecule has 0 radical (unpaired) electrons. The number of halogens is 1. The lowest BCUT2D eigenvalue weighted by Gasteiger charge is -2.30. The number of oxazole rings is 1. The Morgan fingerprint density at radius 2 is 2.03 bits per heavy atom. The number of fused-ring (bicyclic) bond motifs is 1. The second kappa shape index (κ2) is 10.8. The average molecular weight is 457 g/mol. The second-order valence-corrected chi connectivity index (χ2v) is 8.37. The van der Waals surface area contributed by atoms with Crippen molar-refractivity contribution in [3.8, 4) is 0 Å². The Kier molecular flexibility index (Phi) is 7.63. The summed E-state index contributed by atoms with van der Waals surface area (Å²) >= 11 is 6.04. The Morgan fingerprint density at radius 1 is 1.19 bits per heavy atom. The van der Waals surface area contributed by atoms with Gasteiger partial charge in [0, 0.05) is 49.9 Å². The number of benzene rings is 2. The van der Waals surface area contributed by atoms with Gasteiger partial charge in [-0.05, 0) is 42.3 Å². The van der Waals surface area contributed by atoms with E-state index in [4.69, 9.17) is 20.8 Å². The number of hydrogen-bond donors (Lipinski definition) is 1. The van der Waals surface area contributed by atoms with Crippen LogP contribution in [-0.2, 0) is 11.3 Å². The lowest BCUT2D eigenvalue weighted by Crippen LogP contribution is -2.43.